The first-order valence-corrected chi connectivity index (χ1v) is 7.05. The van der Waals surface area contributed by atoms with Gasteiger partial charge in [0.2, 0.25) is 0 Å². The van der Waals surface area contributed by atoms with E-state index in [1.807, 2.05) is 42.8 Å². The third kappa shape index (κ3) is 2.08. The highest BCUT2D eigenvalue weighted by molar-refractivity contribution is 5.83. The Morgan fingerprint density at radius 2 is 2.05 bits per heavy atom. The number of aromatic nitrogens is 4. The zero-order valence-corrected chi connectivity index (χ0v) is 12.2. The van der Waals surface area contributed by atoms with Gasteiger partial charge in [0, 0.05) is 7.05 Å². The summed E-state index contributed by atoms with van der Waals surface area (Å²) in [6.07, 6.45) is 0.765. The summed E-state index contributed by atoms with van der Waals surface area (Å²) in [6.45, 7) is 2.44. The zero-order valence-electron chi connectivity index (χ0n) is 12.2. The summed E-state index contributed by atoms with van der Waals surface area (Å²) in [5, 5.41) is 13.6. The summed E-state index contributed by atoms with van der Waals surface area (Å²) in [4.78, 5) is 4.69. The highest BCUT2D eigenvalue weighted by Gasteiger charge is 2.20. The van der Waals surface area contributed by atoms with E-state index in [0.717, 1.165) is 34.5 Å². The summed E-state index contributed by atoms with van der Waals surface area (Å²) in [5.74, 6) is 1.37. The Balaban J connectivity index is 2.24. The molecule has 0 fully saturated rings. The number of imidazole rings is 1. The van der Waals surface area contributed by atoms with Crippen molar-refractivity contribution in [3.63, 3.8) is 0 Å². The standard InChI is InChI=1S/C15H19N5O/c1-3-10-13(14(16)20(18-10)8-9-21)15-17-11-6-4-5-7-12(11)19(15)2/h4-7,21H,3,8-9,16H2,1-2H3. The van der Waals surface area contributed by atoms with Gasteiger partial charge in [0.15, 0.2) is 0 Å². The number of nitrogens with zero attached hydrogens (tertiary/aromatic N) is 4. The van der Waals surface area contributed by atoms with Crippen molar-refractivity contribution in [3.8, 4) is 11.4 Å². The predicted octanol–water partition coefficient (Wildman–Crippen LogP) is 1.57. The Morgan fingerprint density at radius 1 is 1.29 bits per heavy atom. The van der Waals surface area contributed by atoms with E-state index in [1.165, 1.54) is 0 Å². The van der Waals surface area contributed by atoms with E-state index in [1.54, 1.807) is 4.68 Å². The van der Waals surface area contributed by atoms with Crippen molar-refractivity contribution < 1.29 is 5.11 Å². The van der Waals surface area contributed by atoms with Crippen molar-refractivity contribution in [2.75, 3.05) is 12.3 Å². The fourth-order valence-electron chi connectivity index (χ4n) is 2.65. The van der Waals surface area contributed by atoms with Crippen LogP contribution < -0.4 is 5.73 Å². The first kappa shape index (κ1) is 13.6. The van der Waals surface area contributed by atoms with Gasteiger partial charge in [0.25, 0.3) is 0 Å². The highest BCUT2D eigenvalue weighted by Crippen LogP contribution is 2.31. The van der Waals surface area contributed by atoms with Gasteiger partial charge < -0.3 is 15.4 Å². The summed E-state index contributed by atoms with van der Waals surface area (Å²) in [6, 6.07) is 7.98. The van der Waals surface area contributed by atoms with Crippen LogP contribution in [0, 0.1) is 0 Å². The summed E-state index contributed by atoms with van der Waals surface area (Å²) in [5.41, 5.74) is 9.99. The van der Waals surface area contributed by atoms with Crippen LogP contribution in [0.25, 0.3) is 22.4 Å². The topological polar surface area (TPSA) is 81.9 Å². The summed E-state index contributed by atoms with van der Waals surface area (Å²) >= 11 is 0. The molecular weight excluding hydrogens is 266 g/mol. The third-order valence-corrected chi connectivity index (χ3v) is 3.72. The van der Waals surface area contributed by atoms with Gasteiger partial charge in [0.1, 0.15) is 11.6 Å². The first-order chi connectivity index (χ1) is 10.2. The lowest BCUT2D eigenvalue weighted by Crippen LogP contribution is -2.08. The third-order valence-electron chi connectivity index (χ3n) is 3.72. The molecule has 0 saturated carbocycles. The maximum absolute atomic E-state index is 9.12. The molecule has 6 heteroatoms. The fourth-order valence-corrected chi connectivity index (χ4v) is 2.65. The van der Waals surface area contributed by atoms with Gasteiger partial charge in [-0.05, 0) is 18.6 Å². The molecule has 6 nitrogen and oxygen atoms in total. The number of benzene rings is 1. The van der Waals surface area contributed by atoms with Crippen LogP contribution in [0.5, 0.6) is 0 Å². The van der Waals surface area contributed by atoms with Crippen LogP contribution in [0.15, 0.2) is 24.3 Å². The second kappa shape index (κ2) is 5.21. The van der Waals surface area contributed by atoms with Gasteiger partial charge >= 0.3 is 0 Å². The van der Waals surface area contributed by atoms with Gasteiger partial charge in [0.05, 0.1) is 35.4 Å². The van der Waals surface area contributed by atoms with Crippen LogP contribution in [-0.2, 0) is 20.0 Å². The highest BCUT2D eigenvalue weighted by atomic mass is 16.3. The van der Waals surface area contributed by atoms with Crippen LogP contribution in [0.4, 0.5) is 5.82 Å². The normalized spacial score (nSPS) is 11.4. The summed E-state index contributed by atoms with van der Waals surface area (Å²) < 4.78 is 3.68. The largest absolute Gasteiger partial charge is 0.394 e. The Bertz CT molecular complexity index is 787. The maximum Gasteiger partial charge on any atom is 0.146 e. The molecule has 0 saturated heterocycles. The average Bonchev–Trinajstić information content (AvgIpc) is 2.98. The van der Waals surface area contributed by atoms with E-state index in [4.69, 9.17) is 15.8 Å². The molecule has 0 spiro atoms. The lowest BCUT2D eigenvalue weighted by Gasteiger charge is -2.04. The number of nitrogens with two attached hydrogens (primary N) is 1. The Kier molecular flexibility index (Phi) is 3.39. The van der Waals surface area contributed by atoms with Gasteiger partial charge in [-0.25, -0.2) is 9.67 Å². The SMILES string of the molecule is CCc1nn(CCO)c(N)c1-c1nc2ccccc2n1C. The molecule has 1 aromatic carbocycles. The van der Waals surface area contributed by atoms with E-state index in [2.05, 4.69) is 5.10 Å². The molecule has 0 atom stereocenters. The minimum atomic E-state index is 0.0109. The summed E-state index contributed by atoms with van der Waals surface area (Å²) in [7, 11) is 1.98. The second-order valence-corrected chi connectivity index (χ2v) is 4.99. The molecular formula is C15H19N5O. The minimum Gasteiger partial charge on any atom is -0.394 e. The van der Waals surface area contributed by atoms with Gasteiger partial charge in [-0.2, -0.15) is 5.10 Å². The lowest BCUT2D eigenvalue weighted by atomic mass is 10.2. The van der Waals surface area contributed by atoms with Crippen molar-refractivity contribution in [2.24, 2.45) is 7.05 Å². The molecule has 0 amide bonds. The molecule has 0 radical (unpaired) electrons. The monoisotopic (exact) mass is 285 g/mol. The Morgan fingerprint density at radius 3 is 2.71 bits per heavy atom. The van der Waals surface area contributed by atoms with Gasteiger partial charge in [-0.1, -0.05) is 19.1 Å². The van der Waals surface area contributed by atoms with Crippen molar-refractivity contribution in [3.05, 3.63) is 30.0 Å². The van der Waals surface area contributed by atoms with E-state index >= 15 is 0 Å². The number of hydrogen-bond donors (Lipinski definition) is 2. The molecule has 3 rings (SSSR count). The quantitative estimate of drug-likeness (QED) is 0.762. The van der Waals surface area contributed by atoms with Crippen molar-refractivity contribution in [2.45, 2.75) is 19.9 Å². The molecule has 3 N–H and O–H groups in total. The van der Waals surface area contributed by atoms with Gasteiger partial charge in [-0.3, -0.25) is 0 Å². The first-order valence-electron chi connectivity index (χ1n) is 7.05. The number of nitrogen functional groups attached to an aromatic ring is 1. The van der Waals surface area contributed by atoms with Crippen LogP contribution >= 0.6 is 0 Å². The molecule has 0 aliphatic carbocycles. The average molecular weight is 285 g/mol. The van der Waals surface area contributed by atoms with E-state index in [-0.39, 0.29) is 6.61 Å². The van der Waals surface area contributed by atoms with E-state index in [0.29, 0.717) is 12.4 Å². The number of para-hydroxylation sites is 2. The smallest absolute Gasteiger partial charge is 0.146 e. The number of fused-ring (bicyclic) bond motifs is 1. The number of aryl methyl sites for hydroxylation is 2. The Labute approximate surface area is 122 Å². The molecule has 0 aliphatic heterocycles. The molecule has 2 aromatic heterocycles. The van der Waals surface area contributed by atoms with Crippen molar-refractivity contribution in [1.82, 2.24) is 19.3 Å². The van der Waals surface area contributed by atoms with Crippen molar-refractivity contribution >= 4 is 16.9 Å². The van der Waals surface area contributed by atoms with Crippen LogP contribution in [0.2, 0.25) is 0 Å². The molecule has 21 heavy (non-hydrogen) atoms. The van der Waals surface area contributed by atoms with Crippen LogP contribution in [0.1, 0.15) is 12.6 Å². The number of aliphatic hydroxyl groups excluding tert-OH is 1. The molecule has 0 unspecified atom stereocenters. The number of anilines is 1. The molecule has 110 valence electrons. The minimum absolute atomic E-state index is 0.0109. The second-order valence-electron chi connectivity index (χ2n) is 4.99. The maximum atomic E-state index is 9.12. The Hall–Kier alpha value is -2.34. The zero-order chi connectivity index (χ0) is 15.0. The van der Waals surface area contributed by atoms with E-state index in [9.17, 15) is 0 Å². The van der Waals surface area contributed by atoms with Crippen LogP contribution in [0.3, 0.4) is 0 Å². The molecule has 0 bridgehead atoms. The molecule has 2 heterocycles. The fraction of sp³-hybridized carbons (Fsp3) is 0.333. The van der Waals surface area contributed by atoms with Crippen molar-refractivity contribution in [1.29, 1.82) is 0 Å². The predicted molar refractivity (Wildman–Crippen MR) is 82.8 cm³/mol. The number of aliphatic hydroxyl groups is 1. The molecule has 0 aliphatic rings. The lowest BCUT2D eigenvalue weighted by molar-refractivity contribution is 0.270. The van der Waals surface area contributed by atoms with Gasteiger partial charge in [-0.15, -0.1) is 0 Å². The number of rotatable bonds is 4. The van der Waals surface area contributed by atoms with E-state index < -0.39 is 0 Å². The number of hydrogen-bond acceptors (Lipinski definition) is 4. The van der Waals surface area contributed by atoms with Crippen LogP contribution in [-0.4, -0.2) is 31.0 Å². The molecule has 3 aromatic rings.